The van der Waals surface area contributed by atoms with Gasteiger partial charge < -0.3 is 29.2 Å². The number of nitrogens with zero attached hydrogens (tertiary/aromatic N) is 5. The molecule has 4 heterocycles. The quantitative estimate of drug-likeness (QED) is 0.325. The van der Waals surface area contributed by atoms with Crippen molar-refractivity contribution in [2.24, 2.45) is 0 Å². The zero-order chi connectivity index (χ0) is 27.9. The molecule has 12 heteroatoms. The minimum absolute atomic E-state index is 0.166. The van der Waals surface area contributed by atoms with Crippen LogP contribution >= 0.6 is 12.2 Å². The molecule has 6 rings (SSSR count). The SMILES string of the molecule is CN(Cc1cccc(F)c1)c1ncnc2c1ncn2[C@@H]1O[C@H](COC(=S)Nc2ccccc2)[C@H]2OC(C)(C)O[C@H]21. The molecule has 0 amide bonds. The Morgan fingerprint density at radius 3 is 2.70 bits per heavy atom. The second-order valence-corrected chi connectivity index (χ2v) is 10.6. The van der Waals surface area contributed by atoms with Gasteiger partial charge in [0.25, 0.3) is 5.17 Å². The zero-order valence-corrected chi connectivity index (χ0v) is 23.0. The van der Waals surface area contributed by atoms with Crippen molar-refractivity contribution >= 4 is 40.1 Å². The van der Waals surface area contributed by atoms with E-state index in [4.69, 9.17) is 31.2 Å². The first-order chi connectivity index (χ1) is 19.3. The minimum atomic E-state index is -0.805. The number of benzene rings is 2. The molecule has 0 bridgehead atoms. The van der Waals surface area contributed by atoms with Crippen molar-refractivity contribution in [3.05, 3.63) is 78.6 Å². The van der Waals surface area contributed by atoms with Gasteiger partial charge in [-0.2, -0.15) is 0 Å². The third-order valence-corrected chi connectivity index (χ3v) is 7.03. The van der Waals surface area contributed by atoms with E-state index in [-0.39, 0.29) is 17.6 Å². The van der Waals surface area contributed by atoms with E-state index >= 15 is 0 Å². The Bertz CT molecular complexity index is 1520. The van der Waals surface area contributed by atoms with Crippen LogP contribution in [0.3, 0.4) is 0 Å². The lowest BCUT2D eigenvalue weighted by Gasteiger charge is -2.25. The van der Waals surface area contributed by atoms with Crippen LogP contribution in [0.4, 0.5) is 15.9 Å². The molecule has 1 N–H and O–H groups in total. The van der Waals surface area contributed by atoms with Crippen molar-refractivity contribution in [2.45, 2.75) is 50.7 Å². The summed E-state index contributed by atoms with van der Waals surface area (Å²) in [4.78, 5) is 15.5. The Morgan fingerprint density at radius 1 is 1.10 bits per heavy atom. The topological polar surface area (TPSA) is 95.8 Å². The zero-order valence-electron chi connectivity index (χ0n) is 22.2. The Kier molecular flexibility index (Phi) is 7.09. The number of thiocarbonyl (C=S) groups is 1. The van der Waals surface area contributed by atoms with Crippen molar-refractivity contribution in [1.82, 2.24) is 19.5 Å². The Balaban J connectivity index is 1.22. The summed E-state index contributed by atoms with van der Waals surface area (Å²) < 4.78 is 40.3. The van der Waals surface area contributed by atoms with E-state index in [9.17, 15) is 4.39 Å². The highest BCUT2D eigenvalue weighted by atomic mass is 32.1. The molecule has 40 heavy (non-hydrogen) atoms. The Labute approximate surface area is 236 Å². The van der Waals surface area contributed by atoms with Gasteiger partial charge >= 0.3 is 0 Å². The highest BCUT2D eigenvalue weighted by Gasteiger charge is 2.56. The lowest BCUT2D eigenvalue weighted by Crippen LogP contribution is -2.34. The minimum Gasteiger partial charge on any atom is -0.468 e. The maximum Gasteiger partial charge on any atom is 0.261 e. The molecule has 2 aromatic carbocycles. The molecule has 10 nitrogen and oxygen atoms in total. The Morgan fingerprint density at radius 2 is 1.90 bits per heavy atom. The highest BCUT2D eigenvalue weighted by molar-refractivity contribution is 7.80. The van der Waals surface area contributed by atoms with Gasteiger partial charge in [0, 0.05) is 19.3 Å². The number of para-hydroxylation sites is 1. The van der Waals surface area contributed by atoms with Crippen molar-refractivity contribution < 1.29 is 23.3 Å². The number of aromatic nitrogens is 4. The van der Waals surface area contributed by atoms with Crippen molar-refractivity contribution in [1.29, 1.82) is 0 Å². The van der Waals surface area contributed by atoms with Crippen molar-refractivity contribution in [3.63, 3.8) is 0 Å². The smallest absolute Gasteiger partial charge is 0.261 e. The molecule has 0 aliphatic carbocycles. The number of ether oxygens (including phenoxy) is 4. The second kappa shape index (κ2) is 10.7. The van der Waals surface area contributed by atoms with Crippen LogP contribution in [0, 0.1) is 5.82 Å². The summed E-state index contributed by atoms with van der Waals surface area (Å²) in [6.45, 7) is 4.35. The first-order valence-corrected chi connectivity index (χ1v) is 13.3. The van der Waals surface area contributed by atoms with Gasteiger partial charge in [-0.15, -0.1) is 0 Å². The lowest BCUT2D eigenvalue weighted by atomic mass is 10.1. The molecule has 4 atom stereocenters. The number of imidazole rings is 1. The summed E-state index contributed by atoms with van der Waals surface area (Å²) in [5.41, 5.74) is 2.82. The predicted octanol–water partition coefficient (Wildman–Crippen LogP) is 4.43. The van der Waals surface area contributed by atoms with Gasteiger partial charge in [-0.1, -0.05) is 30.3 Å². The van der Waals surface area contributed by atoms with Gasteiger partial charge in [-0.3, -0.25) is 4.57 Å². The van der Waals surface area contributed by atoms with E-state index < -0.39 is 30.3 Å². The van der Waals surface area contributed by atoms with Gasteiger partial charge in [0.05, 0.1) is 6.33 Å². The molecule has 0 radical (unpaired) electrons. The fraction of sp³-hybridized carbons (Fsp3) is 0.357. The number of nitrogens with one attached hydrogen (secondary N) is 1. The third kappa shape index (κ3) is 5.35. The van der Waals surface area contributed by atoms with Crippen molar-refractivity contribution in [3.8, 4) is 0 Å². The molecule has 0 unspecified atom stereocenters. The first-order valence-electron chi connectivity index (χ1n) is 12.9. The molecule has 2 fully saturated rings. The largest absolute Gasteiger partial charge is 0.468 e. The number of halogens is 1. The van der Waals surface area contributed by atoms with Crippen LogP contribution in [-0.4, -0.2) is 62.4 Å². The summed E-state index contributed by atoms with van der Waals surface area (Å²) in [6.07, 6.45) is 1.29. The molecule has 0 saturated carbocycles. The van der Waals surface area contributed by atoms with E-state index in [0.29, 0.717) is 23.5 Å². The van der Waals surface area contributed by atoms with Crippen LogP contribution in [-0.2, 0) is 25.5 Å². The monoisotopic (exact) mass is 564 g/mol. The van der Waals surface area contributed by atoms with E-state index in [1.807, 2.05) is 66.8 Å². The maximum atomic E-state index is 13.7. The van der Waals surface area contributed by atoms with Crippen LogP contribution in [0.15, 0.2) is 67.3 Å². The molecule has 0 spiro atoms. The van der Waals surface area contributed by atoms with Gasteiger partial charge in [0.1, 0.15) is 37.1 Å². The van der Waals surface area contributed by atoms with E-state index in [2.05, 4.69) is 20.3 Å². The molecular formula is C28H29FN6O4S. The average Bonchev–Trinajstić information content (AvgIpc) is 3.58. The van der Waals surface area contributed by atoms with Gasteiger partial charge in [-0.25, -0.2) is 19.3 Å². The van der Waals surface area contributed by atoms with Crippen LogP contribution in [0.1, 0.15) is 25.6 Å². The fourth-order valence-corrected chi connectivity index (χ4v) is 5.33. The summed E-state index contributed by atoms with van der Waals surface area (Å²) in [5.74, 6) is -0.475. The Hall–Kier alpha value is -3.71. The predicted molar refractivity (Wildman–Crippen MR) is 150 cm³/mol. The number of hydrogen-bond donors (Lipinski definition) is 1. The number of rotatable bonds is 7. The number of fused-ring (bicyclic) bond motifs is 2. The van der Waals surface area contributed by atoms with E-state index in [0.717, 1.165) is 11.3 Å². The third-order valence-electron chi connectivity index (χ3n) is 6.81. The number of hydrogen-bond acceptors (Lipinski definition) is 9. The summed E-state index contributed by atoms with van der Waals surface area (Å²) in [5, 5.41) is 3.30. The van der Waals surface area contributed by atoms with Crippen LogP contribution < -0.4 is 10.2 Å². The van der Waals surface area contributed by atoms with Crippen molar-refractivity contribution in [2.75, 3.05) is 23.9 Å². The molecular weight excluding hydrogens is 535 g/mol. The van der Waals surface area contributed by atoms with E-state index in [1.54, 1.807) is 12.4 Å². The first kappa shape index (κ1) is 26.5. The highest BCUT2D eigenvalue weighted by Crippen LogP contribution is 2.44. The molecule has 2 aliphatic rings. The molecule has 208 valence electrons. The van der Waals surface area contributed by atoms with Gasteiger partial charge in [0.15, 0.2) is 29.0 Å². The van der Waals surface area contributed by atoms with Crippen LogP contribution in [0.5, 0.6) is 0 Å². The van der Waals surface area contributed by atoms with E-state index in [1.165, 1.54) is 18.5 Å². The van der Waals surface area contributed by atoms with Crippen LogP contribution in [0.25, 0.3) is 11.2 Å². The standard InChI is InChI=1S/C28H29FN6O4S/c1-28(2)38-22-20(14-36-27(40)33-19-10-5-4-6-11-19)37-26(23(22)39-28)35-16-32-21-24(30-15-31-25(21)35)34(3)13-17-8-7-9-18(29)12-17/h4-12,15-16,20,22-23,26H,13-14H2,1-3H3,(H,33,40)/t20-,22-,23-,26-/m1/s1. The summed E-state index contributed by atoms with van der Waals surface area (Å²) in [6, 6.07) is 16.0. The van der Waals surface area contributed by atoms with Gasteiger partial charge in [0.2, 0.25) is 0 Å². The molecule has 4 aromatic rings. The fourth-order valence-electron chi connectivity index (χ4n) is 5.14. The summed E-state index contributed by atoms with van der Waals surface area (Å²) in [7, 11) is 1.88. The normalized spacial score (nSPS) is 23.2. The molecule has 2 aliphatic heterocycles. The van der Waals surface area contributed by atoms with Crippen LogP contribution in [0.2, 0.25) is 0 Å². The average molecular weight is 565 g/mol. The lowest BCUT2D eigenvalue weighted by molar-refractivity contribution is -0.199. The maximum absolute atomic E-state index is 13.7. The number of anilines is 2. The van der Waals surface area contributed by atoms with Gasteiger partial charge in [-0.05, 0) is 55.9 Å². The molecule has 2 saturated heterocycles. The summed E-state index contributed by atoms with van der Waals surface area (Å²) >= 11 is 5.38. The molecule has 2 aromatic heterocycles. The second-order valence-electron chi connectivity index (χ2n) is 10.2.